The van der Waals surface area contributed by atoms with Crippen LogP contribution in [0.2, 0.25) is 0 Å². The third-order valence-electron chi connectivity index (χ3n) is 3.86. The molecule has 92 valence electrons. The largest absolute Gasteiger partial charge is 0.342 e. The lowest BCUT2D eigenvalue weighted by atomic mass is 9.83. The van der Waals surface area contributed by atoms with Crippen LogP contribution >= 0.6 is 0 Å². The highest BCUT2D eigenvalue weighted by molar-refractivity contribution is 5.79. The number of hydrogen-bond acceptors (Lipinski definition) is 2. The Bertz CT molecular complexity index is 257. The number of rotatable bonds is 1. The number of nitrogens with one attached hydrogen (secondary N) is 1. The van der Waals surface area contributed by atoms with Gasteiger partial charge in [0.05, 0.1) is 5.92 Å². The smallest absolute Gasteiger partial charge is 0.226 e. The molecule has 0 radical (unpaired) electrons. The van der Waals surface area contributed by atoms with Crippen LogP contribution in [0.1, 0.15) is 39.5 Å². The summed E-state index contributed by atoms with van der Waals surface area (Å²) in [6.45, 7) is 8.42. The highest BCUT2D eigenvalue weighted by atomic mass is 16.2. The molecule has 0 aromatic heterocycles. The number of nitrogens with zero attached hydrogens (tertiary/aromatic N) is 1. The van der Waals surface area contributed by atoms with Crippen LogP contribution in [0.15, 0.2) is 0 Å². The molecule has 2 fully saturated rings. The molecule has 1 amide bonds. The van der Waals surface area contributed by atoms with Gasteiger partial charge in [0.2, 0.25) is 5.91 Å². The summed E-state index contributed by atoms with van der Waals surface area (Å²) in [6, 6.07) is 0. The van der Waals surface area contributed by atoms with Crippen molar-refractivity contribution in [3.05, 3.63) is 0 Å². The molecule has 16 heavy (non-hydrogen) atoms. The van der Waals surface area contributed by atoms with E-state index < -0.39 is 0 Å². The molecule has 0 aliphatic carbocycles. The van der Waals surface area contributed by atoms with E-state index in [1.807, 2.05) is 0 Å². The van der Waals surface area contributed by atoms with Crippen LogP contribution in [0.5, 0.6) is 0 Å². The first-order valence-corrected chi connectivity index (χ1v) is 6.58. The maximum Gasteiger partial charge on any atom is 0.226 e. The molecule has 0 spiro atoms. The van der Waals surface area contributed by atoms with Gasteiger partial charge >= 0.3 is 0 Å². The fourth-order valence-corrected chi connectivity index (χ4v) is 2.93. The Kier molecular flexibility index (Phi) is 3.53. The molecule has 3 nitrogen and oxygen atoms in total. The van der Waals surface area contributed by atoms with Gasteiger partial charge in [-0.25, -0.2) is 0 Å². The minimum absolute atomic E-state index is 0.239. The van der Waals surface area contributed by atoms with Crippen molar-refractivity contribution in [3.8, 4) is 0 Å². The first-order chi connectivity index (χ1) is 7.58. The van der Waals surface area contributed by atoms with E-state index in [9.17, 15) is 4.79 Å². The van der Waals surface area contributed by atoms with Gasteiger partial charge in [0.15, 0.2) is 0 Å². The molecule has 0 unspecified atom stereocenters. The molecule has 0 saturated carbocycles. The fourth-order valence-electron chi connectivity index (χ4n) is 2.93. The van der Waals surface area contributed by atoms with Crippen LogP contribution in [0.3, 0.4) is 0 Å². The van der Waals surface area contributed by atoms with Gasteiger partial charge < -0.3 is 10.2 Å². The molecular formula is C13H24N2O. The SMILES string of the molecule is CC1(C)CCCN(C(=O)[C@@H]2CCCNC2)C1. The van der Waals surface area contributed by atoms with Gasteiger partial charge in [-0.15, -0.1) is 0 Å². The zero-order valence-electron chi connectivity index (χ0n) is 10.6. The van der Waals surface area contributed by atoms with Crippen LogP contribution in [-0.4, -0.2) is 37.0 Å². The van der Waals surface area contributed by atoms with Crippen LogP contribution in [0.25, 0.3) is 0 Å². The van der Waals surface area contributed by atoms with Gasteiger partial charge in [-0.2, -0.15) is 0 Å². The van der Waals surface area contributed by atoms with Gasteiger partial charge in [-0.05, 0) is 37.6 Å². The molecule has 3 heteroatoms. The lowest BCUT2D eigenvalue weighted by Gasteiger charge is -2.40. The minimum atomic E-state index is 0.239. The average Bonchev–Trinajstić information content (AvgIpc) is 2.28. The Morgan fingerprint density at radius 1 is 1.38 bits per heavy atom. The van der Waals surface area contributed by atoms with Crippen molar-refractivity contribution in [1.82, 2.24) is 10.2 Å². The Morgan fingerprint density at radius 2 is 2.19 bits per heavy atom. The summed E-state index contributed by atoms with van der Waals surface area (Å²) in [5.74, 6) is 0.627. The quantitative estimate of drug-likeness (QED) is 0.734. The van der Waals surface area contributed by atoms with E-state index in [1.54, 1.807) is 0 Å². The fraction of sp³-hybridized carbons (Fsp3) is 0.923. The van der Waals surface area contributed by atoms with E-state index in [2.05, 4.69) is 24.1 Å². The zero-order chi connectivity index (χ0) is 11.6. The summed E-state index contributed by atoms with van der Waals surface area (Å²) in [4.78, 5) is 14.4. The molecule has 1 N–H and O–H groups in total. The topological polar surface area (TPSA) is 32.3 Å². The van der Waals surface area contributed by atoms with Gasteiger partial charge in [0, 0.05) is 19.6 Å². The van der Waals surface area contributed by atoms with E-state index in [0.29, 0.717) is 11.3 Å². The molecular weight excluding hydrogens is 200 g/mol. The first-order valence-electron chi connectivity index (χ1n) is 6.58. The summed E-state index contributed by atoms with van der Waals surface area (Å²) >= 11 is 0. The van der Waals surface area contributed by atoms with Crippen molar-refractivity contribution in [2.24, 2.45) is 11.3 Å². The summed E-state index contributed by atoms with van der Waals surface area (Å²) in [6.07, 6.45) is 4.63. The molecule has 2 saturated heterocycles. The van der Waals surface area contributed by atoms with E-state index in [4.69, 9.17) is 0 Å². The van der Waals surface area contributed by atoms with Gasteiger partial charge in [-0.3, -0.25) is 4.79 Å². The Labute approximate surface area is 98.6 Å². The van der Waals surface area contributed by atoms with Crippen LogP contribution in [0, 0.1) is 11.3 Å². The lowest BCUT2D eigenvalue weighted by Crippen LogP contribution is -2.48. The number of amides is 1. The second-order valence-electron chi connectivity index (χ2n) is 6.07. The predicted octanol–water partition coefficient (Wildman–Crippen LogP) is 1.63. The van der Waals surface area contributed by atoms with Crippen LogP contribution in [0.4, 0.5) is 0 Å². The summed E-state index contributed by atoms with van der Waals surface area (Å²) < 4.78 is 0. The van der Waals surface area contributed by atoms with Gasteiger partial charge in [0.25, 0.3) is 0 Å². The van der Waals surface area contributed by atoms with Crippen molar-refractivity contribution in [1.29, 1.82) is 0 Å². The Hall–Kier alpha value is -0.570. The number of carbonyl (C=O) groups is 1. The molecule has 2 aliphatic rings. The lowest BCUT2D eigenvalue weighted by molar-refractivity contribution is -0.139. The second kappa shape index (κ2) is 4.74. The third kappa shape index (κ3) is 2.76. The molecule has 2 aliphatic heterocycles. The number of carbonyl (C=O) groups excluding carboxylic acids is 1. The van der Waals surface area contributed by atoms with E-state index >= 15 is 0 Å². The maximum atomic E-state index is 12.3. The third-order valence-corrected chi connectivity index (χ3v) is 3.86. The highest BCUT2D eigenvalue weighted by Gasteiger charge is 2.32. The number of hydrogen-bond donors (Lipinski definition) is 1. The minimum Gasteiger partial charge on any atom is -0.342 e. The van der Waals surface area contributed by atoms with Crippen molar-refractivity contribution in [2.75, 3.05) is 26.2 Å². The van der Waals surface area contributed by atoms with E-state index in [1.165, 1.54) is 12.8 Å². The number of piperidine rings is 2. The molecule has 0 bridgehead atoms. The van der Waals surface area contributed by atoms with Crippen molar-refractivity contribution in [3.63, 3.8) is 0 Å². The van der Waals surface area contributed by atoms with Gasteiger partial charge in [0.1, 0.15) is 0 Å². The number of likely N-dealkylation sites (tertiary alicyclic amines) is 1. The van der Waals surface area contributed by atoms with Gasteiger partial charge in [-0.1, -0.05) is 13.8 Å². The Balaban J connectivity index is 1.93. The van der Waals surface area contributed by atoms with Crippen molar-refractivity contribution >= 4 is 5.91 Å². The molecule has 1 atom stereocenters. The highest BCUT2D eigenvalue weighted by Crippen LogP contribution is 2.29. The molecule has 0 aromatic carbocycles. The first kappa shape index (κ1) is 11.9. The van der Waals surface area contributed by atoms with Crippen molar-refractivity contribution < 1.29 is 4.79 Å². The molecule has 0 aromatic rings. The van der Waals surface area contributed by atoms with E-state index in [-0.39, 0.29) is 5.92 Å². The van der Waals surface area contributed by atoms with Crippen molar-refractivity contribution in [2.45, 2.75) is 39.5 Å². The summed E-state index contributed by atoms with van der Waals surface area (Å²) in [5, 5.41) is 3.33. The maximum absolute atomic E-state index is 12.3. The monoisotopic (exact) mass is 224 g/mol. The average molecular weight is 224 g/mol. The normalized spacial score (nSPS) is 30.1. The predicted molar refractivity (Wildman–Crippen MR) is 65.2 cm³/mol. The molecule has 2 heterocycles. The standard InChI is InChI=1S/C13H24N2O/c1-13(2)6-4-8-15(10-13)12(16)11-5-3-7-14-9-11/h11,14H,3-10H2,1-2H3/t11-/m1/s1. The zero-order valence-corrected chi connectivity index (χ0v) is 10.6. The Morgan fingerprint density at radius 3 is 2.81 bits per heavy atom. The summed E-state index contributed by atoms with van der Waals surface area (Å²) in [7, 11) is 0. The van der Waals surface area contributed by atoms with Crippen LogP contribution < -0.4 is 5.32 Å². The summed E-state index contributed by atoms with van der Waals surface area (Å²) in [5.41, 5.74) is 0.315. The van der Waals surface area contributed by atoms with E-state index in [0.717, 1.165) is 39.0 Å². The van der Waals surface area contributed by atoms with Crippen LogP contribution in [-0.2, 0) is 4.79 Å². The second-order valence-corrected chi connectivity index (χ2v) is 6.07. The molecule has 2 rings (SSSR count).